The highest BCUT2D eigenvalue weighted by Gasteiger charge is 2.12. The lowest BCUT2D eigenvalue weighted by molar-refractivity contribution is 0.249. The molecule has 1 heterocycles. The molecule has 1 aromatic heterocycles. The molecule has 2 rings (SSSR count). The lowest BCUT2D eigenvalue weighted by Gasteiger charge is -2.14. The van der Waals surface area contributed by atoms with Gasteiger partial charge in [0, 0.05) is 30.1 Å². The van der Waals surface area contributed by atoms with Crippen LogP contribution in [0.2, 0.25) is 0 Å². The summed E-state index contributed by atoms with van der Waals surface area (Å²) in [5.74, 6) is -0.608. The SMILES string of the molecule is Cc1cc(C[C@@H](C)NC(=O)Nc2ccc([S@](C)=O)c(F)c2)n[nH]1. The number of nitrogens with one attached hydrogen (secondary N) is 3. The first kappa shape index (κ1) is 17.1. The van der Waals surface area contributed by atoms with E-state index in [0.717, 1.165) is 17.5 Å². The van der Waals surface area contributed by atoms with Crippen molar-refractivity contribution in [3.8, 4) is 0 Å². The lowest BCUT2D eigenvalue weighted by Crippen LogP contribution is -2.37. The van der Waals surface area contributed by atoms with Crippen LogP contribution in [0, 0.1) is 12.7 Å². The minimum Gasteiger partial charge on any atom is -0.335 e. The molecule has 6 nitrogen and oxygen atoms in total. The Morgan fingerprint density at radius 3 is 2.74 bits per heavy atom. The number of carbonyl (C=O) groups excluding carboxylic acids is 1. The number of H-pyrrole nitrogens is 1. The maximum atomic E-state index is 13.7. The highest BCUT2D eigenvalue weighted by Crippen LogP contribution is 2.17. The fourth-order valence-electron chi connectivity index (χ4n) is 2.15. The van der Waals surface area contributed by atoms with E-state index >= 15 is 0 Å². The molecule has 0 fully saturated rings. The first-order valence-corrected chi connectivity index (χ1v) is 8.62. The molecule has 3 N–H and O–H groups in total. The number of hydrogen-bond donors (Lipinski definition) is 3. The van der Waals surface area contributed by atoms with Crippen LogP contribution in [-0.4, -0.2) is 32.7 Å². The third-order valence-electron chi connectivity index (χ3n) is 3.15. The van der Waals surface area contributed by atoms with Gasteiger partial charge in [-0.1, -0.05) is 0 Å². The van der Waals surface area contributed by atoms with E-state index in [0.29, 0.717) is 12.1 Å². The van der Waals surface area contributed by atoms with Gasteiger partial charge in [-0.15, -0.1) is 0 Å². The number of carbonyl (C=O) groups is 1. The number of amides is 2. The van der Waals surface area contributed by atoms with Crippen LogP contribution in [0.4, 0.5) is 14.9 Å². The van der Waals surface area contributed by atoms with Crippen LogP contribution in [0.5, 0.6) is 0 Å². The maximum Gasteiger partial charge on any atom is 0.319 e. The van der Waals surface area contributed by atoms with Gasteiger partial charge >= 0.3 is 6.03 Å². The van der Waals surface area contributed by atoms with Gasteiger partial charge in [-0.25, -0.2) is 9.18 Å². The summed E-state index contributed by atoms with van der Waals surface area (Å²) in [6, 6.07) is 5.41. The van der Waals surface area contributed by atoms with E-state index in [4.69, 9.17) is 0 Å². The monoisotopic (exact) mass is 338 g/mol. The number of hydrogen-bond acceptors (Lipinski definition) is 3. The van der Waals surface area contributed by atoms with Gasteiger partial charge in [-0.05, 0) is 38.1 Å². The Labute approximate surface area is 136 Å². The smallest absolute Gasteiger partial charge is 0.319 e. The summed E-state index contributed by atoms with van der Waals surface area (Å²) in [6.45, 7) is 3.76. The second-order valence-corrected chi connectivity index (χ2v) is 6.69. The second-order valence-electron chi connectivity index (χ2n) is 5.35. The molecule has 0 saturated carbocycles. The Bertz CT molecular complexity index is 732. The van der Waals surface area contributed by atoms with Crippen molar-refractivity contribution in [1.82, 2.24) is 15.5 Å². The van der Waals surface area contributed by atoms with Gasteiger partial charge in [0.05, 0.1) is 21.4 Å². The fraction of sp³-hybridized carbons (Fsp3) is 0.333. The second kappa shape index (κ2) is 7.36. The van der Waals surface area contributed by atoms with Crippen LogP contribution in [0.15, 0.2) is 29.2 Å². The molecule has 1 aromatic carbocycles. The van der Waals surface area contributed by atoms with Crippen molar-refractivity contribution < 1.29 is 13.4 Å². The van der Waals surface area contributed by atoms with Crippen molar-refractivity contribution >= 4 is 22.5 Å². The minimum atomic E-state index is -1.40. The molecule has 0 spiro atoms. The van der Waals surface area contributed by atoms with E-state index in [1.807, 2.05) is 19.9 Å². The van der Waals surface area contributed by atoms with Crippen LogP contribution in [0.25, 0.3) is 0 Å². The van der Waals surface area contributed by atoms with Crippen LogP contribution >= 0.6 is 0 Å². The van der Waals surface area contributed by atoms with Crippen molar-refractivity contribution in [2.75, 3.05) is 11.6 Å². The highest BCUT2D eigenvalue weighted by molar-refractivity contribution is 7.84. The first-order valence-electron chi connectivity index (χ1n) is 7.06. The normalized spacial score (nSPS) is 13.4. The minimum absolute atomic E-state index is 0.109. The van der Waals surface area contributed by atoms with Crippen molar-refractivity contribution in [2.45, 2.75) is 31.2 Å². The fourth-order valence-corrected chi connectivity index (χ4v) is 2.74. The summed E-state index contributed by atoms with van der Waals surface area (Å²) in [5.41, 5.74) is 2.12. The Morgan fingerprint density at radius 2 is 2.17 bits per heavy atom. The van der Waals surface area contributed by atoms with Gasteiger partial charge < -0.3 is 10.6 Å². The number of nitrogens with zero attached hydrogens (tertiary/aromatic N) is 1. The van der Waals surface area contributed by atoms with Gasteiger partial charge in [0.25, 0.3) is 0 Å². The summed E-state index contributed by atoms with van der Waals surface area (Å²) in [7, 11) is -1.40. The number of halogens is 1. The molecule has 0 aliphatic rings. The zero-order chi connectivity index (χ0) is 17.0. The van der Waals surface area contributed by atoms with Crippen LogP contribution < -0.4 is 10.6 Å². The molecule has 2 atom stereocenters. The predicted octanol–water partition coefficient (Wildman–Crippen LogP) is 2.35. The third kappa shape index (κ3) is 4.88. The summed E-state index contributed by atoms with van der Waals surface area (Å²) < 4.78 is 25.0. The Morgan fingerprint density at radius 1 is 1.43 bits per heavy atom. The van der Waals surface area contributed by atoms with Crippen LogP contribution in [0.1, 0.15) is 18.3 Å². The molecule has 2 amide bonds. The summed E-state index contributed by atoms with van der Waals surface area (Å²) in [5, 5.41) is 12.3. The zero-order valence-electron chi connectivity index (χ0n) is 13.1. The Balaban J connectivity index is 1.91. The van der Waals surface area contributed by atoms with Gasteiger partial charge in [-0.2, -0.15) is 5.10 Å². The molecule has 0 bridgehead atoms. The molecule has 0 saturated heterocycles. The lowest BCUT2D eigenvalue weighted by atomic mass is 10.2. The number of aromatic amines is 1. The third-order valence-corrected chi connectivity index (χ3v) is 4.10. The topological polar surface area (TPSA) is 86.9 Å². The molecule has 8 heteroatoms. The van der Waals surface area contributed by atoms with E-state index in [1.165, 1.54) is 18.4 Å². The summed E-state index contributed by atoms with van der Waals surface area (Å²) in [4.78, 5) is 12.0. The largest absolute Gasteiger partial charge is 0.335 e. The van der Waals surface area contributed by atoms with Gasteiger partial charge in [0.1, 0.15) is 5.82 Å². The molecule has 124 valence electrons. The van der Waals surface area contributed by atoms with Crippen molar-refractivity contribution in [3.63, 3.8) is 0 Å². The van der Waals surface area contributed by atoms with Crippen molar-refractivity contribution in [2.24, 2.45) is 0 Å². The van der Waals surface area contributed by atoms with Gasteiger partial charge in [0.2, 0.25) is 0 Å². The number of aromatic nitrogens is 2. The average molecular weight is 338 g/mol. The highest BCUT2D eigenvalue weighted by atomic mass is 32.2. The average Bonchev–Trinajstić information content (AvgIpc) is 2.83. The number of urea groups is 1. The van der Waals surface area contributed by atoms with E-state index in [1.54, 1.807) is 0 Å². The van der Waals surface area contributed by atoms with E-state index in [-0.39, 0.29) is 10.9 Å². The number of rotatable bonds is 5. The number of aryl methyl sites for hydroxylation is 1. The van der Waals surface area contributed by atoms with Gasteiger partial charge in [0.15, 0.2) is 0 Å². The predicted molar refractivity (Wildman–Crippen MR) is 87.4 cm³/mol. The molecule has 0 aliphatic heterocycles. The molecular formula is C15H19FN4O2S. The molecule has 23 heavy (non-hydrogen) atoms. The van der Waals surface area contributed by atoms with Gasteiger partial charge in [-0.3, -0.25) is 9.31 Å². The van der Waals surface area contributed by atoms with E-state index < -0.39 is 22.6 Å². The summed E-state index contributed by atoms with van der Waals surface area (Å²) in [6.07, 6.45) is 1.98. The van der Waals surface area contributed by atoms with E-state index in [9.17, 15) is 13.4 Å². The summed E-state index contributed by atoms with van der Waals surface area (Å²) >= 11 is 0. The molecule has 0 radical (unpaired) electrons. The molecule has 0 aliphatic carbocycles. The maximum absolute atomic E-state index is 13.7. The number of anilines is 1. The molecule has 0 unspecified atom stereocenters. The van der Waals surface area contributed by atoms with Crippen molar-refractivity contribution in [1.29, 1.82) is 0 Å². The Kier molecular flexibility index (Phi) is 5.49. The first-order chi connectivity index (χ1) is 10.8. The molecular weight excluding hydrogens is 319 g/mol. The van der Waals surface area contributed by atoms with Crippen LogP contribution in [-0.2, 0) is 17.2 Å². The quantitative estimate of drug-likeness (QED) is 0.782. The van der Waals surface area contributed by atoms with Crippen molar-refractivity contribution in [3.05, 3.63) is 41.5 Å². The zero-order valence-corrected chi connectivity index (χ0v) is 14.0. The standard InChI is InChI=1S/C15H19FN4O2S/c1-9(6-12-7-10(2)19-20-12)17-15(21)18-11-4-5-14(23(3)22)13(16)8-11/h4-5,7-9H,6H2,1-3H3,(H,19,20)(H2,17,18,21)/t9-,23+/m1/s1. The van der Waals surface area contributed by atoms with Crippen LogP contribution in [0.3, 0.4) is 0 Å². The number of benzene rings is 1. The molecule has 2 aromatic rings. The van der Waals surface area contributed by atoms with E-state index in [2.05, 4.69) is 20.8 Å². The Hall–Kier alpha value is -2.22.